The number of hydrogen-bond acceptors (Lipinski definition) is 1. The largest absolute Gasteiger partial charge is 0.313 e. The van der Waals surface area contributed by atoms with Gasteiger partial charge in [-0.05, 0) is 55.8 Å². The Morgan fingerprint density at radius 3 is 2.57 bits per heavy atom. The predicted octanol–water partition coefficient (Wildman–Crippen LogP) is 4.45. The molecule has 2 nitrogen and oxygen atoms in total. The first-order valence-corrected chi connectivity index (χ1v) is 8.02. The Morgan fingerprint density at radius 2 is 1.83 bits per heavy atom. The maximum Gasteiger partial charge on any atom is 0.123 e. The summed E-state index contributed by atoms with van der Waals surface area (Å²) >= 11 is 0. The van der Waals surface area contributed by atoms with E-state index in [0.717, 1.165) is 25.2 Å². The predicted molar refractivity (Wildman–Crippen MR) is 93.4 cm³/mol. The van der Waals surface area contributed by atoms with Gasteiger partial charge in [-0.2, -0.15) is 0 Å². The molecule has 0 saturated heterocycles. The molecule has 0 saturated carbocycles. The number of aromatic nitrogens is 1. The molecule has 0 bridgehead atoms. The van der Waals surface area contributed by atoms with Crippen LogP contribution in [0, 0.1) is 12.7 Å². The molecule has 0 spiro atoms. The highest BCUT2D eigenvalue weighted by atomic mass is 19.1. The highest BCUT2D eigenvalue weighted by molar-refractivity contribution is 5.96. The van der Waals surface area contributed by atoms with Crippen molar-refractivity contribution < 1.29 is 4.39 Å². The van der Waals surface area contributed by atoms with Crippen LogP contribution in [0.25, 0.3) is 22.2 Å². The minimum Gasteiger partial charge on any atom is -0.313 e. The van der Waals surface area contributed by atoms with Crippen LogP contribution >= 0.6 is 0 Å². The van der Waals surface area contributed by atoms with Gasteiger partial charge in [-0.25, -0.2) is 4.39 Å². The lowest BCUT2D eigenvalue weighted by Crippen LogP contribution is -2.20. The second kappa shape index (κ2) is 5.67. The third kappa shape index (κ3) is 2.37. The summed E-state index contributed by atoms with van der Waals surface area (Å²) < 4.78 is 15.5. The number of rotatable bonds is 2. The average molecular weight is 306 g/mol. The van der Waals surface area contributed by atoms with Gasteiger partial charge in [0.15, 0.2) is 0 Å². The summed E-state index contributed by atoms with van der Waals surface area (Å²) in [7, 11) is 0. The summed E-state index contributed by atoms with van der Waals surface area (Å²) in [4.78, 5) is 0. The van der Waals surface area contributed by atoms with Crippen LogP contribution in [0.1, 0.15) is 17.7 Å². The second-order valence-corrected chi connectivity index (χ2v) is 5.97. The van der Waals surface area contributed by atoms with Gasteiger partial charge in [0.25, 0.3) is 0 Å². The molecule has 0 atom stereocenters. The molecule has 3 aromatic rings. The van der Waals surface area contributed by atoms with Crippen molar-refractivity contribution in [2.45, 2.75) is 13.3 Å². The molecule has 1 aliphatic heterocycles. The van der Waals surface area contributed by atoms with Crippen molar-refractivity contribution in [1.82, 2.24) is 9.88 Å². The van der Waals surface area contributed by atoms with Gasteiger partial charge in [-0.3, -0.25) is 0 Å². The molecule has 4 rings (SSSR count). The van der Waals surface area contributed by atoms with Crippen LogP contribution in [-0.2, 0) is 0 Å². The summed E-state index contributed by atoms with van der Waals surface area (Å²) in [5, 5.41) is 4.64. The Kier molecular flexibility index (Phi) is 3.50. The highest BCUT2D eigenvalue weighted by Crippen LogP contribution is 2.35. The number of benzene rings is 2. The fourth-order valence-electron chi connectivity index (χ4n) is 3.55. The number of para-hydroxylation sites is 1. The van der Waals surface area contributed by atoms with Crippen molar-refractivity contribution in [3.63, 3.8) is 0 Å². The van der Waals surface area contributed by atoms with E-state index in [1.807, 2.05) is 12.1 Å². The van der Waals surface area contributed by atoms with E-state index in [9.17, 15) is 4.39 Å². The third-order valence-electron chi connectivity index (χ3n) is 4.58. The molecule has 2 heterocycles. The van der Waals surface area contributed by atoms with Gasteiger partial charge in [0.1, 0.15) is 5.82 Å². The molecule has 1 N–H and O–H groups in total. The monoisotopic (exact) mass is 306 g/mol. The van der Waals surface area contributed by atoms with Crippen LogP contribution < -0.4 is 5.32 Å². The number of nitrogens with zero attached hydrogens (tertiary/aromatic N) is 1. The molecule has 0 unspecified atom stereocenters. The van der Waals surface area contributed by atoms with Gasteiger partial charge in [0.05, 0.1) is 5.52 Å². The molecule has 116 valence electrons. The Bertz CT molecular complexity index is 888. The number of halogens is 1. The van der Waals surface area contributed by atoms with Crippen molar-refractivity contribution >= 4 is 16.5 Å². The van der Waals surface area contributed by atoms with E-state index < -0.39 is 0 Å². The lowest BCUT2D eigenvalue weighted by molar-refractivity contribution is 0.627. The molecule has 23 heavy (non-hydrogen) atoms. The van der Waals surface area contributed by atoms with Gasteiger partial charge in [0, 0.05) is 28.9 Å². The summed E-state index contributed by atoms with van der Waals surface area (Å²) in [6, 6.07) is 15.2. The zero-order valence-corrected chi connectivity index (χ0v) is 13.1. The smallest absolute Gasteiger partial charge is 0.123 e. The molecular weight excluding hydrogens is 287 g/mol. The summed E-state index contributed by atoms with van der Waals surface area (Å²) in [6.07, 6.45) is 3.32. The minimum absolute atomic E-state index is 0.204. The van der Waals surface area contributed by atoms with Crippen LogP contribution in [-0.4, -0.2) is 17.7 Å². The van der Waals surface area contributed by atoms with Crippen molar-refractivity contribution in [2.75, 3.05) is 13.1 Å². The molecule has 0 radical (unpaired) electrons. The maximum absolute atomic E-state index is 13.3. The van der Waals surface area contributed by atoms with E-state index in [0.29, 0.717) is 0 Å². The molecular formula is C20H19FN2. The standard InChI is InChI=1S/C20H19FN2/c1-14-20(15-10-12-22-13-11-15)18-4-2-3-5-19(18)23(14)17-8-6-16(21)7-9-17/h2-10,22H,11-13H2,1H3. The Balaban J connectivity index is 2.00. The molecule has 3 heteroatoms. The first-order chi connectivity index (χ1) is 11.3. The topological polar surface area (TPSA) is 17.0 Å². The summed E-state index contributed by atoms with van der Waals surface area (Å²) in [5.74, 6) is -0.204. The molecule has 0 fully saturated rings. The van der Waals surface area contributed by atoms with Crippen LogP contribution in [0.5, 0.6) is 0 Å². The quantitative estimate of drug-likeness (QED) is 0.740. The van der Waals surface area contributed by atoms with Gasteiger partial charge < -0.3 is 9.88 Å². The number of hydrogen-bond donors (Lipinski definition) is 1. The Labute approximate surface area is 135 Å². The molecule has 1 aromatic heterocycles. The number of nitrogens with one attached hydrogen (secondary N) is 1. The van der Waals surface area contributed by atoms with Crippen LogP contribution in [0.3, 0.4) is 0 Å². The van der Waals surface area contributed by atoms with Crippen molar-refractivity contribution in [1.29, 1.82) is 0 Å². The first-order valence-electron chi connectivity index (χ1n) is 8.02. The molecule has 1 aliphatic rings. The van der Waals surface area contributed by atoms with E-state index in [4.69, 9.17) is 0 Å². The zero-order chi connectivity index (χ0) is 15.8. The third-order valence-corrected chi connectivity index (χ3v) is 4.58. The van der Waals surface area contributed by atoms with E-state index in [2.05, 4.69) is 47.1 Å². The van der Waals surface area contributed by atoms with Gasteiger partial charge >= 0.3 is 0 Å². The first kappa shape index (κ1) is 14.2. The number of fused-ring (bicyclic) bond motifs is 1. The van der Waals surface area contributed by atoms with E-state index in [1.54, 1.807) is 0 Å². The SMILES string of the molecule is Cc1c(C2=CCNCC2)c2ccccc2n1-c1ccc(F)cc1. The lowest BCUT2D eigenvalue weighted by atomic mass is 9.97. The van der Waals surface area contributed by atoms with Crippen LogP contribution in [0.15, 0.2) is 54.6 Å². The zero-order valence-electron chi connectivity index (χ0n) is 13.1. The average Bonchev–Trinajstić information content (AvgIpc) is 2.88. The fraction of sp³-hybridized carbons (Fsp3) is 0.200. The van der Waals surface area contributed by atoms with Crippen LogP contribution in [0.2, 0.25) is 0 Å². The maximum atomic E-state index is 13.3. The van der Waals surface area contributed by atoms with Crippen molar-refractivity contribution in [3.05, 3.63) is 71.7 Å². The Morgan fingerprint density at radius 1 is 1.04 bits per heavy atom. The second-order valence-electron chi connectivity index (χ2n) is 5.97. The summed E-state index contributed by atoms with van der Waals surface area (Å²) in [6.45, 7) is 4.09. The molecule has 0 aliphatic carbocycles. The highest BCUT2D eigenvalue weighted by Gasteiger charge is 2.18. The van der Waals surface area contributed by atoms with Gasteiger partial charge in [-0.1, -0.05) is 24.3 Å². The molecule has 0 amide bonds. The van der Waals surface area contributed by atoms with Crippen molar-refractivity contribution in [3.8, 4) is 5.69 Å². The van der Waals surface area contributed by atoms with E-state index in [1.165, 1.54) is 39.9 Å². The fourth-order valence-corrected chi connectivity index (χ4v) is 3.55. The van der Waals surface area contributed by atoms with Crippen molar-refractivity contribution in [2.24, 2.45) is 0 Å². The van der Waals surface area contributed by atoms with Crippen LogP contribution in [0.4, 0.5) is 4.39 Å². The summed E-state index contributed by atoms with van der Waals surface area (Å²) in [5.41, 5.74) is 6.11. The minimum atomic E-state index is -0.204. The van der Waals surface area contributed by atoms with E-state index >= 15 is 0 Å². The van der Waals surface area contributed by atoms with E-state index in [-0.39, 0.29) is 5.82 Å². The van der Waals surface area contributed by atoms with Gasteiger partial charge in [0.2, 0.25) is 0 Å². The Hall–Kier alpha value is -2.39. The van der Waals surface area contributed by atoms with Gasteiger partial charge in [-0.15, -0.1) is 0 Å². The molecule has 2 aromatic carbocycles. The lowest BCUT2D eigenvalue weighted by Gasteiger charge is -2.15. The normalized spacial score (nSPS) is 15.0.